The lowest BCUT2D eigenvalue weighted by Gasteiger charge is -2.38. The summed E-state index contributed by atoms with van der Waals surface area (Å²) in [6.07, 6.45) is 1.72. The molecule has 0 aromatic heterocycles. The number of carbonyl (C=O) groups is 1. The number of hydrogen-bond acceptors (Lipinski definition) is 5. The molecular formula is C10H15F6N2O5S2+. The number of nitrogens with zero attached hydrogens (tertiary/aromatic N) is 2. The largest absolute Gasteiger partial charge is 0.517 e. The second-order valence-electron chi connectivity index (χ2n) is 5.78. The predicted molar refractivity (Wildman–Crippen MR) is 71.4 cm³/mol. The summed E-state index contributed by atoms with van der Waals surface area (Å²) < 4.78 is 119. The average molecular weight is 421 g/mol. The maximum absolute atomic E-state index is 12.6. The fraction of sp³-hybridized carbons (Fsp3) is 0.900. The van der Waals surface area contributed by atoms with E-state index in [1.165, 1.54) is 7.05 Å². The van der Waals surface area contributed by atoms with Crippen LogP contribution in [0.1, 0.15) is 19.3 Å². The van der Waals surface area contributed by atoms with Crippen molar-refractivity contribution in [2.75, 3.05) is 26.7 Å². The molecule has 0 aromatic carbocycles. The number of likely N-dealkylation sites (N-methyl/N-ethyl adjacent to an activating group) is 1. The quantitative estimate of drug-likeness (QED) is 0.502. The molecule has 0 aliphatic carbocycles. The van der Waals surface area contributed by atoms with Crippen LogP contribution in [0.3, 0.4) is 0 Å². The first-order chi connectivity index (χ1) is 11.0. The first-order valence-corrected chi connectivity index (χ1v) is 9.63. The molecule has 1 rings (SSSR count). The Balaban J connectivity index is 3.41. The van der Waals surface area contributed by atoms with Gasteiger partial charge in [0.1, 0.15) is 0 Å². The lowest BCUT2D eigenvalue weighted by molar-refractivity contribution is -0.906. The van der Waals surface area contributed by atoms with Gasteiger partial charge in [-0.15, -0.1) is 3.71 Å². The zero-order valence-electron chi connectivity index (χ0n) is 12.8. The third kappa shape index (κ3) is 4.36. The van der Waals surface area contributed by atoms with Gasteiger partial charge in [0.25, 0.3) is 0 Å². The summed E-state index contributed by atoms with van der Waals surface area (Å²) in [5.74, 6) is -2.31. The van der Waals surface area contributed by atoms with E-state index in [-0.39, 0.29) is 17.6 Å². The molecule has 0 spiro atoms. The smallest absolute Gasteiger partial charge is 0.318 e. The molecule has 0 bridgehead atoms. The second-order valence-corrected chi connectivity index (χ2v) is 9.57. The fourth-order valence-electron chi connectivity index (χ4n) is 2.40. The van der Waals surface area contributed by atoms with Gasteiger partial charge in [-0.3, -0.25) is 4.79 Å². The van der Waals surface area contributed by atoms with Crippen LogP contribution in [0.15, 0.2) is 0 Å². The van der Waals surface area contributed by atoms with Crippen molar-refractivity contribution in [2.45, 2.75) is 30.3 Å². The van der Waals surface area contributed by atoms with E-state index in [0.29, 0.717) is 19.3 Å². The number of carbonyl (C=O) groups excluding carboxylic acids is 1. The molecule has 1 fully saturated rings. The Morgan fingerprint density at radius 3 is 1.56 bits per heavy atom. The van der Waals surface area contributed by atoms with Gasteiger partial charge in [-0.2, -0.15) is 43.2 Å². The lowest BCUT2D eigenvalue weighted by Crippen LogP contribution is -2.58. The Morgan fingerprint density at radius 1 is 0.880 bits per heavy atom. The number of amides is 1. The second kappa shape index (κ2) is 6.57. The third-order valence-electron chi connectivity index (χ3n) is 3.64. The van der Waals surface area contributed by atoms with E-state index in [0.717, 1.165) is 0 Å². The standard InChI is InChI=1S/C10H15F6N2O5S2/c1-18(5-3-2-4-6-18)7-8(19)17(24(20,21)9(11,12)13)25(22,23)10(14,15)16/h2-7H2,1H3/q+1. The van der Waals surface area contributed by atoms with Gasteiger partial charge in [0.2, 0.25) is 0 Å². The van der Waals surface area contributed by atoms with E-state index in [1.807, 2.05) is 0 Å². The SMILES string of the molecule is C[N+]1(CC(=O)N(S(=O)(=O)C(F)(F)F)S(=O)(=O)C(F)(F)F)CCCCC1. The molecule has 1 amide bonds. The van der Waals surface area contributed by atoms with Crippen LogP contribution in [0.4, 0.5) is 26.3 Å². The molecular weight excluding hydrogens is 406 g/mol. The molecule has 0 unspecified atom stereocenters. The molecule has 1 saturated heterocycles. The van der Waals surface area contributed by atoms with Crippen LogP contribution in [0.25, 0.3) is 0 Å². The number of hydrogen-bond donors (Lipinski definition) is 0. The van der Waals surface area contributed by atoms with Crippen molar-refractivity contribution in [1.82, 2.24) is 3.71 Å². The molecule has 0 atom stereocenters. The van der Waals surface area contributed by atoms with Crippen molar-refractivity contribution in [1.29, 1.82) is 0 Å². The first kappa shape index (κ1) is 22.0. The summed E-state index contributed by atoms with van der Waals surface area (Å²) in [5, 5.41) is 0. The highest BCUT2D eigenvalue weighted by atomic mass is 32.3. The van der Waals surface area contributed by atoms with Crippen LogP contribution in [0.2, 0.25) is 0 Å². The topological polar surface area (TPSA) is 88.6 Å². The molecule has 0 saturated carbocycles. The Morgan fingerprint density at radius 2 is 1.24 bits per heavy atom. The molecule has 1 aliphatic heterocycles. The van der Waals surface area contributed by atoms with E-state index in [2.05, 4.69) is 0 Å². The van der Waals surface area contributed by atoms with Gasteiger partial charge in [-0.25, -0.2) is 0 Å². The summed E-state index contributed by atoms with van der Waals surface area (Å²) in [7, 11) is -12.9. The van der Waals surface area contributed by atoms with Crippen LogP contribution >= 0.6 is 0 Å². The third-order valence-corrected chi connectivity index (χ3v) is 7.27. The molecule has 1 aliphatic rings. The zero-order chi connectivity index (χ0) is 19.9. The Labute approximate surface area is 139 Å². The monoisotopic (exact) mass is 421 g/mol. The van der Waals surface area contributed by atoms with Crippen LogP contribution < -0.4 is 0 Å². The Hall–Kier alpha value is -1.09. The van der Waals surface area contributed by atoms with Gasteiger partial charge < -0.3 is 4.48 Å². The Kier molecular flexibility index (Phi) is 5.77. The van der Waals surface area contributed by atoms with Crippen LogP contribution in [0, 0.1) is 0 Å². The van der Waals surface area contributed by atoms with Gasteiger partial charge in [0, 0.05) is 0 Å². The normalized spacial score (nSPS) is 19.5. The highest BCUT2D eigenvalue weighted by Crippen LogP contribution is 2.35. The molecule has 7 nitrogen and oxygen atoms in total. The summed E-state index contributed by atoms with van der Waals surface area (Å²) in [5.41, 5.74) is -12.8. The number of likely N-dealkylation sites (tertiary alicyclic amines) is 1. The van der Waals surface area contributed by atoms with Gasteiger partial charge >= 0.3 is 37.0 Å². The van der Waals surface area contributed by atoms with Crippen molar-refractivity contribution >= 4 is 26.0 Å². The molecule has 1 heterocycles. The summed E-state index contributed by atoms with van der Waals surface area (Å²) in [6, 6.07) is 0. The first-order valence-electron chi connectivity index (χ1n) is 6.75. The zero-order valence-corrected chi connectivity index (χ0v) is 14.4. The highest BCUT2D eigenvalue weighted by Gasteiger charge is 2.64. The molecule has 25 heavy (non-hydrogen) atoms. The molecule has 15 heteroatoms. The predicted octanol–water partition coefficient (Wildman–Crippen LogP) is 1.14. The van der Waals surface area contributed by atoms with E-state index in [4.69, 9.17) is 0 Å². The number of halogens is 6. The van der Waals surface area contributed by atoms with Crippen molar-refractivity contribution in [3.63, 3.8) is 0 Å². The average Bonchev–Trinajstić information content (AvgIpc) is 2.35. The number of alkyl halides is 6. The minimum absolute atomic E-state index is 0.178. The lowest BCUT2D eigenvalue weighted by atomic mass is 10.1. The van der Waals surface area contributed by atoms with Crippen LogP contribution in [-0.2, 0) is 24.8 Å². The van der Waals surface area contributed by atoms with Crippen LogP contribution in [0.5, 0.6) is 0 Å². The summed E-state index contributed by atoms with van der Waals surface area (Å²) in [4.78, 5) is 12.0. The van der Waals surface area contributed by atoms with Gasteiger partial charge in [0.05, 0.1) is 20.1 Å². The molecule has 0 radical (unpaired) electrons. The number of rotatable bonds is 4. The van der Waals surface area contributed by atoms with E-state index < -0.39 is 47.2 Å². The maximum Gasteiger partial charge on any atom is 0.517 e. The van der Waals surface area contributed by atoms with E-state index in [9.17, 15) is 48.0 Å². The molecule has 148 valence electrons. The molecule has 0 aromatic rings. The van der Waals surface area contributed by atoms with E-state index in [1.54, 1.807) is 0 Å². The number of quaternary nitrogens is 1. The van der Waals surface area contributed by atoms with E-state index >= 15 is 0 Å². The number of piperidine rings is 1. The summed E-state index contributed by atoms with van der Waals surface area (Å²) >= 11 is 0. The van der Waals surface area contributed by atoms with Crippen molar-refractivity contribution in [2.24, 2.45) is 0 Å². The minimum atomic E-state index is -7.09. The molecule has 0 N–H and O–H groups in total. The number of sulfonamides is 2. The van der Waals surface area contributed by atoms with Crippen LogP contribution in [-0.4, -0.2) is 68.6 Å². The minimum Gasteiger partial charge on any atom is -0.318 e. The Bertz CT molecular complexity index is 678. The van der Waals surface area contributed by atoms with Crippen molar-refractivity contribution < 1.29 is 52.5 Å². The van der Waals surface area contributed by atoms with Crippen molar-refractivity contribution in [3.05, 3.63) is 0 Å². The van der Waals surface area contributed by atoms with Gasteiger partial charge in [0.15, 0.2) is 6.54 Å². The van der Waals surface area contributed by atoms with Crippen molar-refractivity contribution in [3.8, 4) is 0 Å². The highest BCUT2D eigenvalue weighted by molar-refractivity contribution is 8.05. The fourth-order valence-corrected chi connectivity index (χ4v) is 4.97. The van der Waals surface area contributed by atoms with Gasteiger partial charge in [-0.05, 0) is 19.3 Å². The maximum atomic E-state index is 12.6. The van der Waals surface area contributed by atoms with Gasteiger partial charge in [-0.1, -0.05) is 0 Å². The summed E-state index contributed by atoms with van der Waals surface area (Å²) in [6.45, 7) is -0.778.